The Bertz CT molecular complexity index is 349. The summed E-state index contributed by atoms with van der Waals surface area (Å²) in [6, 6.07) is 6.27. The first-order chi connectivity index (χ1) is 7.21. The Hall–Kier alpha value is -0.470. The summed E-state index contributed by atoms with van der Waals surface area (Å²) < 4.78 is 0. The van der Waals surface area contributed by atoms with Crippen LogP contribution >= 0.6 is 23.4 Å². The highest BCUT2D eigenvalue weighted by Gasteiger charge is 2.07. The van der Waals surface area contributed by atoms with Crippen molar-refractivity contribution in [3.05, 3.63) is 29.3 Å². The number of ketones is 1. The molecule has 0 saturated carbocycles. The number of rotatable bonds is 5. The Balaban J connectivity index is 2.92. The van der Waals surface area contributed by atoms with Gasteiger partial charge in [0.05, 0.1) is 5.88 Å². The van der Waals surface area contributed by atoms with Gasteiger partial charge in [0.2, 0.25) is 0 Å². The summed E-state index contributed by atoms with van der Waals surface area (Å²) in [6.45, 7) is 2.13. The van der Waals surface area contributed by atoms with Gasteiger partial charge < -0.3 is 0 Å². The fraction of sp³-hybridized carbons (Fsp3) is 0.417. The number of benzene rings is 1. The highest BCUT2D eigenvalue weighted by Crippen LogP contribution is 2.23. The molecule has 0 heterocycles. The molecule has 0 radical (unpaired) electrons. The van der Waals surface area contributed by atoms with Gasteiger partial charge in [0.1, 0.15) is 0 Å². The largest absolute Gasteiger partial charge is 0.298 e. The maximum Gasteiger partial charge on any atom is 0.151 e. The quantitative estimate of drug-likeness (QED) is 0.582. The molecule has 0 amide bonds. The molecule has 0 aliphatic heterocycles. The molecule has 1 aromatic rings. The van der Waals surface area contributed by atoms with E-state index in [4.69, 9.17) is 11.6 Å². The molecular weight excluding hydrogens is 228 g/mol. The third-order valence-corrected chi connectivity index (χ3v) is 3.41. The van der Waals surface area contributed by atoms with Crippen LogP contribution in [0.25, 0.3) is 0 Å². The number of alkyl halides is 1. The molecule has 0 aliphatic rings. The zero-order chi connectivity index (χ0) is 11.3. The first-order valence-electron chi connectivity index (χ1n) is 4.94. The molecule has 0 atom stereocenters. The van der Waals surface area contributed by atoms with E-state index in [1.165, 1.54) is 10.5 Å². The average molecular weight is 243 g/mol. The lowest BCUT2D eigenvalue weighted by Crippen LogP contribution is -2.05. The molecule has 0 bridgehead atoms. The van der Waals surface area contributed by atoms with Crippen molar-refractivity contribution in [3.8, 4) is 0 Å². The molecule has 0 aliphatic carbocycles. The normalized spacial score (nSPS) is 10.3. The van der Waals surface area contributed by atoms with Crippen molar-refractivity contribution >= 4 is 29.1 Å². The van der Waals surface area contributed by atoms with Crippen LogP contribution in [-0.2, 0) is 17.6 Å². The van der Waals surface area contributed by atoms with Gasteiger partial charge in [0, 0.05) is 11.3 Å². The van der Waals surface area contributed by atoms with Crippen molar-refractivity contribution in [3.63, 3.8) is 0 Å². The minimum absolute atomic E-state index is 0.0798. The van der Waals surface area contributed by atoms with Gasteiger partial charge in [-0.3, -0.25) is 4.79 Å². The predicted molar refractivity (Wildman–Crippen MR) is 67.0 cm³/mol. The van der Waals surface area contributed by atoms with E-state index in [1.54, 1.807) is 11.8 Å². The molecule has 82 valence electrons. The molecule has 0 spiro atoms. The van der Waals surface area contributed by atoms with Crippen molar-refractivity contribution in [1.29, 1.82) is 0 Å². The molecule has 3 heteroatoms. The van der Waals surface area contributed by atoms with E-state index >= 15 is 0 Å². The van der Waals surface area contributed by atoms with Crippen molar-refractivity contribution in [2.75, 3.05) is 12.1 Å². The molecule has 0 unspecified atom stereocenters. The molecular formula is C12H15ClOS. The number of Topliss-reactive ketones (excluding diaryl/α,β-unsaturated/α-hetero) is 1. The fourth-order valence-electron chi connectivity index (χ4n) is 1.41. The van der Waals surface area contributed by atoms with Crippen LogP contribution in [0.2, 0.25) is 0 Å². The van der Waals surface area contributed by atoms with Crippen LogP contribution in [0, 0.1) is 0 Å². The lowest BCUT2D eigenvalue weighted by Gasteiger charge is -2.07. The zero-order valence-electron chi connectivity index (χ0n) is 9.05. The van der Waals surface area contributed by atoms with Crippen molar-refractivity contribution in [1.82, 2.24) is 0 Å². The van der Waals surface area contributed by atoms with E-state index in [2.05, 4.69) is 19.1 Å². The first-order valence-corrected chi connectivity index (χ1v) is 6.70. The van der Waals surface area contributed by atoms with E-state index in [-0.39, 0.29) is 11.7 Å². The van der Waals surface area contributed by atoms with Crippen LogP contribution < -0.4 is 0 Å². The van der Waals surface area contributed by atoms with Crippen molar-refractivity contribution in [2.45, 2.75) is 24.7 Å². The van der Waals surface area contributed by atoms with Gasteiger partial charge in [-0.15, -0.1) is 23.4 Å². The Kier molecular flexibility index (Phi) is 5.20. The van der Waals surface area contributed by atoms with Crippen molar-refractivity contribution < 1.29 is 4.79 Å². The van der Waals surface area contributed by atoms with Gasteiger partial charge in [-0.1, -0.05) is 19.1 Å². The molecule has 0 fully saturated rings. The lowest BCUT2D eigenvalue weighted by molar-refractivity contribution is -0.116. The van der Waals surface area contributed by atoms with Gasteiger partial charge in [-0.25, -0.2) is 0 Å². The van der Waals surface area contributed by atoms with E-state index < -0.39 is 0 Å². The zero-order valence-corrected chi connectivity index (χ0v) is 10.6. The minimum atomic E-state index is 0.0798. The standard InChI is InChI=1S/C12H15ClOS/c1-3-9-4-5-10(7-11(14)8-13)12(6-9)15-2/h4-6H,3,7-8H2,1-2H3. The van der Waals surface area contributed by atoms with Gasteiger partial charge in [-0.2, -0.15) is 0 Å². The number of halogens is 1. The van der Waals surface area contributed by atoms with Crippen LogP contribution in [0.5, 0.6) is 0 Å². The molecule has 1 rings (SSSR count). The fourth-order valence-corrected chi connectivity index (χ4v) is 2.18. The van der Waals surface area contributed by atoms with Crippen LogP contribution in [-0.4, -0.2) is 17.9 Å². The molecule has 0 N–H and O–H groups in total. The number of thioether (sulfide) groups is 1. The number of hydrogen-bond donors (Lipinski definition) is 0. The second-order valence-corrected chi connectivity index (χ2v) is 4.46. The van der Waals surface area contributed by atoms with Crippen molar-refractivity contribution in [2.24, 2.45) is 0 Å². The maximum absolute atomic E-state index is 11.3. The third-order valence-electron chi connectivity index (χ3n) is 2.30. The van der Waals surface area contributed by atoms with Crippen LogP contribution in [0.3, 0.4) is 0 Å². The maximum atomic E-state index is 11.3. The summed E-state index contributed by atoms with van der Waals surface area (Å²) in [6.07, 6.45) is 3.50. The second kappa shape index (κ2) is 6.19. The summed E-state index contributed by atoms with van der Waals surface area (Å²) in [7, 11) is 0. The van der Waals surface area contributed by atoms with Crippen LogP contribution in [0.15, 0.2) is 23.1 Å². The van der Waals surface area contributed by atoms with Crippen LogP contribution in [0.1, 0.15) is 18.1 Å². The van der Waals surface area contributed by atoms with Gasteiger partial charge in [0.15, 0.2) is 5.78 Å². The number of hydrogen-bond acceptors (Lipinski definition) is 2. The topological polar surface area (TPSA) is 17.1 Å². The van der Waals surface area contributed by atoms with Gasteiger partial charge in [0.25, 0.3) is 0 Å². The Labute approximate surface area is 100 Å². The SMILES string of the molecule is CCc1ccc(CC(=O)CCl)c(SC)c1. The highest BCUT2D eigenvalue weighted by molar-refractivity contribution is 7.98. The first kappa shape index (κ1) is 12.6. The monoisotopic (exact) mass is 242 g/mol. The lowest BCUT2D eigenvalue weighted by atomic mass is 10.1. The predicted octanol–water partition coefficient (Wildman–Crippen LogP) is 3.32. The van der Waals surface area contributed by atoms with Crippen LogP contribution in [0.4, 0.5) is 0 Å². The Morgan fingerprint density at radius 3 is 2.73 bits per heavy atom. The molecule has 1 aromatic carbocycles. The van der Waals surface area contributed by atoms with E-state index in [1.807, 2.05) is 12.3 Å². The molecule has 1 nitrogen and oxygen atoms in total. The van der Waals surface area contributed by atoms with E-state index in [0.29, 0.717) is 6.42 Å². The summed E-state index contributed by atoms with van der Waals surface area (Å²) in [5, 5.41) is 0. The Morgan fingerprint density at radius 1 is 1.47 bits per heavy atom. The smallest absolute Gasteiger partial charge is 0.151 e. The summed E-state index contributed by atoms with van der Waals surface area (Å²) in [5.41, 5.74) is 2.40. The summed E-state index contributed by atoms with van der Waals surface area (Å²) >= 11 is 7.18. The Morgan fingerprint density at radius 2 is 2.20 bits per heavy atom. The second-order valence-electron chi connectivity index (χ2n) is 3.35. The molecule has 0 saturated heterocycles. The summed E-state index contributed by atoms with van der Waals surface area (Å²) in [5.74, 6) is 0.180. The molecule has 0 aromatic heterocycles. The number of carbonyl (C=O) groups excluding carboxylic acids is 1. The minimum Gasteiger partial charge on any atom is -0.298 e. The van der Waals surface area contributed by atoms with E-state index in [0.717, 1.165) is 12.0 Å². The van der Waals surface area contributed by atoms with Gasteiger partial charge in [-0.05, 0) is 29.9 Å². The third kappa shape index (κ3) is 3.54. The number of aryl methyl sites for hydroxylation is 1. The van der Waals surface area contributed by atoms with Gasteiger partial charge >= 0.3 is 0 Å². The van der Waals surface area contributed by atoms with E-state index in [9.17, 15) is 4.79 Å². The molecule has 15 heavy (non-hydrogen) atoms. The highest BCUT2D eigenvalue weighted by atomic mass is 35.5. The average Bonchev–Trinajstić information content (AvgIpc) is 2.29. The number of carbonyl (C=O) groups is 1. The summed E-state index contributed by atoms with van der Waals surface area (Å²) in [4.78, 5) is 12.5.